The molecule has 0 radical (unpaired) electrons. The molecule has 156 valence electrons. The molecule has 4 rings (SSSR count). The fraction of sp³-hybridized carbons (Fsp3) is 0.0909. The summed E-state index contributed by atoms with van der Waals surface area (Å²) in [4.78, 5) is 14.4. The molecule has 0 aromatic heterocycles. The van der Waals surface area contributed by atoms with Gasteiger partial charge < -0.3 is 16.9 Å². The Morgan fingerprint density at radius 1 is 0.933 bits per heavy atom. The highest BCUT2D eigenvalue weighted by atomic mass is 35.5. The van der Waals surface area contributed by atoms with Crippen LogP contribution < -0.4 is 11.5 Å². The van der Waals surface area contributed by atoms with Gasteiger partial charge in [-0.05, 0) is 28.0 Å². The Balaban J connectivity index is 0.00000160. The van der Waals surface area contributed by atoms with Crippen molar-refractivity contribution >= 4 is 41.2 Å². The summed E-state index contributed by atoms with van der Waals surface area (Å²) in [5, 5.41) is 3.78. The van der Waals surface area contributed by atoms with E-state index in [1.165, 1.54) is 5.06 Å². The molecule has 0 amide bonds. The molecule has 6 N–H and O–H groups in total. The minimum atomic E-state index is -0.493. The number of hydrogen-bond donors (Lipinski definition) is 2. The van der Waals surface area contributed by atoms with Crippen LogP contribution in [0.3, 0.4) is 0 Å². The Morgan fingerprint density at radius 2 is 1.63 bits per heavy atom. The highest BCUT2D eigenvalue weighted by Gasteiger charge is 2.23. The van der Waals surface area contributed by atoms with E-state index in [1.54, 1.807) is 0 Å². The summed E-state index contributed by atoms with van der Waals surface area (Å²) in [5.41, 5.74) is 14.0. The highest BCUT2D eigenvalue weighted by Crippen LogP contribution is 2.21. The molecule has 7 nitrogen and oxygen atoms in total. The number of aliphatic imine (C=N–C) groups is 2. The maximum Gasteiger partial charge on any atom is 0.226 e. The smallest absolute Gasteiger partial charge is 0.226 e. The zero-order valence-corrected chi connectivity index (χ0v) is 17.0. The standard InChI is InChI=1S/C22H21N5O.ClH.H2O/c23-21-25-20(14-13-16-7-2-1-3-8-16)27(22(24)26-21)28-15-18-11-6-10-17-9-4-5-12-19(17)18;;/h1-14,20H,15H2,(H4,23,24,25,26);1H;1H2/b14-13+;;. The highest BCUT2D eigenvalue weighted by molar-refractivity contribution is 5.95. The summed E-state index contributed by atoms with van der Waals surface area (Å²) in [6.45, 7) is 0.336. The van der Waals surface area contributed by atoms with Crippen molar-refractivity contribution in [3.8, 4) is 0 Å². The predicted molar refractivity (Wildman–Crippen MR) is 124 cm³/mol. The van der Waals surface area contributed by atoms with Gasteiger partial charge in [0.05, 0.1) is 0 Å². The number of guanidine groups is 2. The van der Waals surface area contributed by atoms with E-state index in [0.717, 1.165) is 21.9 Å². The monoisotopic (exact) mass is 425 g/mol. The molecule has 1 aliphatic rings. The van der Waals surface area contributed by atoms with Crippen LogP contribution in [0.25, 0.3) is 16.8 Å². The molecule has 1 unspecified atom stereocenters. The molecule has 8 heteroatoms. The molecule has 1 atom stereocenters. The molecule has 1 aliphatic heterocycles. The molecule has 0 aliphatic carbocycles. The van der Waals surface area contributed by atoms with Gasteiger partial charge in [0.1, 0.15) is 6.61 Å². The van der Waals surface area contributed by atoms with E-state index < -0.39 is 6.17 Å². The zero-order chi connectivity index (χ0) is 19.3. The quantitative estimate of drug-likeness (QED) is 0.652. The van der Waals surface area contributed by atoms with Crippen LogP contribution in [0.4, 0.5) is 0 Å². The van der Waals surface area contributed by atoms with E-state index in [0.29, 0.717) is 6.61 Å². The third-order valence-electron chi connectivity index (χ3n) is 4.46. The Morgan fingerprint density at radius 3 is 2.43 bits per heavy atom. The SMILES string of the molecule is Cl.NC1=NC(/C=C/c2ccccc2)N(OCc2cccc3ccccc23)C(N)=N1.O. The Bertz CT molecular complexity index is 1060. The van der Waals surface area contributed by atoms with Gasteiger partial charge in [-0.15, -0.1) is 12.4 Å². The van der Waals surface area contributed by atoms with Gasteiger partial charge in [-0.3, -0.25) is 4.84 Å². The number of rotatable bonds is 5. The topological polar surface area (TPSA) is 121 Å². The molecule has 3 aromatic carbocycles. The Hall–Kier alpha value is -3.39. The summed E-state index contributed by atoms with van der Waals surface area (Å²) in [7, 11) is 0. The largest absolute Gasteiger partial charge is 0.412 e. The molecule has 1 heterocycles. The third kappa shape index (κ3) is 5.15. The lowest BCUT2D eigenvalue weighted by molar-refractivity contribution is -0.128. The average molecular weight is 426 g/mol. The number of fused-ring (bicyclic) bond motifs is 1. The lowest BCUT2D eigenvalue weighted by Gasteiger charge is -2.29. The summed E-state index contributed by atoms with van der Waals surface area (Å²) in [5.74, 6) is 0.306. The predicted octanol–water partition coefficient (Wildman–Crippen LogP) is 2.85. The van der Waals surface area contributed by atoms with Crippen LogP contribution in [0.15, 0.2) is 88.9 Å². The van der Waals surface area contributed by atoms with Crippen LogP contribution in [0.5, 0.6) is 0 Å². The van der Waals surface area contributed by atoms with E-state index in [4.69, 9.17) is 16.3 Å². The molecular weight excluding hydrogens is 402 g/mol. The van der Waals surface area contributed by atoms with Crippen LogP contribution in [-0.2, 0) is 11.4 Å². The number of hydroxylamine groups is 2. The van der Waals surface area contributed by atoms with Crippen molar-refractivity contribution < 1.29 is 10.3 Å². The number of benzene rings is 3. The van der Waals surface area contributed by atoms with Gasteiger partial charge in [0, 0.05) is 0 Å². The second-order valence-corrected chi connectivity index (χ2v) is 6.38. The lowest BCUT2D eigenvalue weighted by Crippen LogP contribution is -2.47. The van der Waals surface area contributed by atoms with Crippen molar-refractivity contribution in [1.29, 1.82) is 0 Å². The van der Waals surface area contributed by atoms with Gasteiger partial charge in [-0.2, -0.15) is 10.1 Å². The maximum absolute atomic E-state index is 6.06. The lowest BCUT2D eigenvalue weighted by atomic mass is 10.1. The van der Waals surface area contributed by atoms with Crippen LogP contribution in [0.2, 0.25) is 0 Å². The second kappa shape index (κ2) is 10.4. The van der Waals surface area contributed by atoms with Crippen molar-refractivity contribution in [2.45, 2.75) is 12.8 Å². The Kier molecular flexibility index (Phi) is 7.94. The van der Waals surface area contributed by atoms with Crippen LogP contribution >= 0.6 is 12.4 Å². The first kappa shape index (κ1) is 22.9. The van der Waals surface area contributed by atoms with Gasteiger partial charge in [0.15, 0.2) is 6.17 Å². The van der Waals surface area contributed by atoms with Gasteiger partial charge in [-0.1, -0.05) is 78.9 Å². The molecule has 0 saturated heterocycles. The van der Waals surface area contributed by atoms with Crippen LogP contribution in [0.1, 0.15) is 11.1 Å². The van der Waals surface area contributed by atoms with Crippen molar-refractivity contribution in [1.82, 2.24) is 5.06 Å². The van der Waals surface area contributed by atoms with Gasteiger partial charge >= 0.3 is 0 Å². The van der Waals surface area contributed by atoms with E-state index >= 15 is 0 Å². The first-order chi connectivity index (χ1) is 13.7. The van der Waals surface area contributed by atoms with Crippen molar-refractivity contribution in [3.05, 3.63) is 90.0 Å². The van der Waals surface area contributed by atoms with E-state index in [2.05, 4.69) is 28.2 Å². The minimum Gasteiger partial charge on any atom is -0.412 e. The van der Waals surface area contributed by atoms with E-state index in [9.17, 15) is 0 Å². The molecule has 0 fully saturated rings. The maximum atomic E-state index is 6.06. The summed E-state index contributed by atoms with van der Waals surface area (Å²) < 4.78 is 0. The molecule has 0 spiro atoms. The van der Waals surface area contributed by atoms with Crippen molar-refractivity contribution in [2.75, 3.05) is 0 Å². The summed E-state index contributed by atoms with van der Waals surface area (Å²) in [6.07, 6.45) is 3.34. The van der Waals surface area contributed by atoms with E-state index in [1.807, 2.05) is 66.7 Å². The molecular formula is C22H24ClN5O2. The fourth-order valence-corrected chi connectivity index (χ4v) is 3.10. The first-order valence-corrected chi connectivity index (χ1v) is 9.00. The average Bonchev–Trinajstić information content (AvgIpc) is 2.72. The van der Waals surface area contributed by atoms with Gasteiger partial charge in [0.2, 0.25) is 11.9 Å². The van der Waals surface area contributed by atoms with Gasteiger partial charge in [-0.25, -0.2) is 4.99 Å². The minimum absolute atomic E-state index is 0. The van der Waals surface area contributed by atoms with E-state index in [-0.39, 0.29) is 29.8 Å². The normalized spacial score (nSPS) is 15.9. The zero-order valence-electron chi connectivity index (χ0n) is 16.2. The molecule has 0 saturated carbocycles. The summed E-state index contributed by atoms with van der Waals surface area (Å²) in [6, 6.07) is 24.2. The number of nitrogens with zero attached hydrogens (tertiary/aromatic N) is 3. The van der Waals surface area contributed by atoms with Crippen molar-refractivity contribution in [2.24, 2.45) is 21.5 Å². The summed E-state index contributed by atoms with van der Waals surface area (Å²) >= 11 is 0. The second-order valence-electron chi connectivity index (χ2n) is 6.38. The van der Waals surface area contributed by atoms with Crippen molar-refractivity contribution in [3.63, 3.8) is 0 Å². The van der Waals surface area contributed by atoms with Crippen LogP contribution in [0, 0.1) is 0 Å². The number of halogens is 1. The third-order valence-corrected chi connectivity index (χ3v) is 4.46. The van der Waals surface area contributed by atoms with Crippen LogP contribution in [-0.4, -0.2) is 28.6 Å². The molecule has 30 heavy (non-hydrogen) atoms. The van der Waals surface area contributed by atoms with Gasteiger partial charge in [0.25, 0.3) is 0 Å². The fourth-order valence-electron chi connectivity index (χ4n) is 3.10. The molecule has 0 bridgehead atoms. The Labute approximate surface area is 181 Å². The first-order valence-electron chi connectivity index (χ1n) is 9.00. The number of hydrogen-bond acceptors (Lipinski definition) is 6. The number of nitrogens with two attached hydrogens (primary N) is 2. The molecule has 3 aromatic rings.